The second-order valence-electron chi connectivity index (χ2n) is 5.66. The summed E-state index contributed by atoms with van der Waals surface area (Å²) in [4.78, 5) is 18.0. The van der Waals surface area contributed by atoms with Crippen molar-refractivity contribution in [3.8, 4) is 0 Å². The number of nitrogens with zero attached hydrogens (tertiary/aromatic N) is 2. The third kappa shape index (κ3) is 5.46. The summed E-state index contributed by atoms with van der Waals surface area (Å²) in [5.74, 6) is -0.145. The highest BCUT2D eigenvalue weighted by Gasteiger charge is 2.33. The number of pyridine rings is 1. The van der Waals surface area contributed by atoms with Gasteiger partial charge in [0.05, 0.1) is 11.3 Å². The molecule has 5 nitrogen and oxygen atoms in total. The quantitative estimate of drug-likeness (QED) is 0.839. The average Bonchev–Trinajstić information content (AvgIpc) is 2.54. The van der Waals surface area contributed by atoms with Crippen LogP contribution in [0.2, 0.25) is 0 Å². The third-order valence-electron chi connectivity index (χ3n) is 3.36. The Morgan fingerprint density at radius 3 is 2.60 bits per heavy atom. The highest BCUT2D eigenvalue weighted by atomic mass is 19.4. The number of likely N-dealkylation sites (N-methyl/N-ethyl adjacent to an activating group) is 1. The smallest absolute Gasteiger partial charge is 0.351 e. The van der Waals surface area contributed by atoms with Gasteiger partial charge in [0.15, 0.2) is 0 Å². The fourth-order valence-corrected chi connectivity index (χ4v) is 2.11. The predicted octanol–water partition coefficient (Wildman–Crippen LogP) is 3.14. The summed E-state index contributed by atoms with van der Waals surface area (Å²) in [7, 11) is 3.78. The Hall–Kier alpha value is -2.61. The molecule has 0 fully saturated rings. The van der Waals surface area contributed by atoms with Gasteiger partial charge in [-0.25, -0.2) is 4.98 Å². The van der Waals surface area contributed by atoms with Crippen molar-refractivity contribution in [2.24, 2.45) is 0 Å². The van der Waals surface area contributed by atoms with Crippen LogP contribution >= 0.6 is 0 Å². The molecule has 0 bridgehead atoms. The number of anilines is 2. The lowest BCUT2D eigenvalue weighted by molar-refractivity contribution is -0.136. The molecule has 0 unspecified atom stereocenters. The van der Waals surface area contributed by atoms with Crippen molar-refractivity contribution in [2.75, 3.05) is 32.5 Å². The number of nitrogens with one attached hydrogen (secondary N) is 2. The van der Waals surface area contributed by atoms with E-state index < -0.39 is 11.7 Å². The van der Waals surface area contributed by atoms with Crippen LogP contribution in [0.4, 0.5) is 24.7 Å². The van der Waals surface area contributed by atoms with Crippen LogP contribution in [-0.2, 0) is 6.18 Å². The molecule has 1 amide bonds. The van der Waals surface area contributed by atoms with Crippen molar-refractivity contribution < 1.29 is 18.0 Å². The van der Waals surface area contributed by atoms with E-state index in [1.165, 1.54) is 36.5 Å². The highest BCUT2D eigenvalue weighted by molar-refractivity contribution is 5.94. The molecule has 0 radical (unpaired) electrons. The topological polar surface area (TPSA) is 57.3 Å². The first-order chi connectivity index (χ1) is 11.8. The number of amides is 1. The van der Waals surface area contributed by atoms with Gasteiger partial charge in [-0.1, -0.05) is 12.1 Å². The Morgan fingerprint density at radius 1 is 1.20 bits per heavy atom. The Bertz CT molecular complexity index is 732. The fourth-order valence-electron chi connectivity index (χ4n) is 2.11. The largest absolute Gasteiger partial charge is 0.418 e. The summed E-state index contributed by atoms with van der Waals surface area (Å²) in [5.41, 5.74) is -0.592. The average molecular weight is 352 g/mol. The maximum atomic E-state index is 13.0. The van der Waals surface area contributed by atoms with E-state index in [0.717, 1.165) is 6.07 Å². The van der Waals surface area contributed by atoms with Gasteiger partial charge in [0.2, 0.25) is 0 Å². The molecule has 0 saturated carbocycles. The molecule has 1 heterocycles. The van der Waals surface area contributed by atoms with Gasteiger partial charge in [-0.15, -0.1) is 0 Å². The molecule has 0 aliphatic carbocycles. The summed E-state index contributed by atoms with van der Waals surface area (Å²) >= 11 is 0. The van der Waals surface area contributed by atoms with E-state index in [1.54, 1.807) is 0 Å². The molecule has 0 aliphatic rings. The first-order valence-electron chi connectivity index (χ1n) is 7.59. The summed E-state index contributed by atoms with van der Waals surface area (Å²) in [6, 6.07) is 8.03. The first kappa shape index (κ1) is 18.7. The Morgan fingerprint density at radius 2 is 1.92 bits per heavy atom. The molecule has 1 aromatic carbocycles. The van der Waals surface area contributed by atoms with E-state index in [0.29, 0.717) is 18.7 Å². The zero-order valence-corrected chi connectivity index (χ0v) is 13.9. The number of carbonyl (C=O) groups is 1. The summed E-state index contributed by atoms with van der Waals surface area (Å²) in [5, 5.41) is 5.37. The van der Waals surface area contributed by atoms with Crippen molar-refractivity contribution in [3.63, 3.8) is 0 Å². The predicted molar refractivity (Wildman–Crippen MR) is 89.9 cm³/mol. The van der Waals surface area contributed by atoms with Crippen molar-refractivity contribution in [2.45, 2.75) is 6.18 Å². The van der Waals surface area contributed by atoms with Gasteiger partial charge in [0.1, 0.15) is 5.82 Å². The number of halogens is 3. The Labute approximate surface area is 143 Å². The fraction of sp³-hybridized carbons (Fsp3) is 0.294. The minimum atomic E-state index is -4.48. The van der Waals surface area contributed by atoms with Crippen molar-refractivity contribution in [1.29, 1.82) is 0 Å². The SMILES string of the molecule is CN(C)CCNC(=O)c1ccnc(Nc2ccccc2C(F)(F)F)c1. The number of hydrogen-bond donors (Lipinski definition) is 2. The van der Waals surface area contributed by atoms with Crippen molar-refractivity contribution in [3.05, 3.63) is 53.7 Å². The zero-order chi connectivity index (χ0) is 18.4. The van der Waals surface area contributed by atoms with Crippen LogP contribution in [-0.4, -0.2) is 43.0 Å². The second-order valence-corrected chi connectivity index (χ2v) is 5.66. The van der Waals surface area contributed by atoms with Crippen LogP contribution < -0.4 is 10.6 Å². The Balaban J connectivity index is 2.14. The molecule has 1 aromatic heterocycles. The minimum Gasteiger partial charge on any atom is -0.351 e. The van der Waals surface area contributed by atoms with Crippen LogP contribution in [0.3, 0.4) is 0 Å². The number of aromatic nitrogens is 1. The molecule has 2 aromatic rings. The lowest BCUT2D eigenvalue weighted by atomic mass is 10.1. The zero-order valence-electron chi connectivity index (χ0n) is 13.9. The van der Waals surface area contributed by atoms with Gasteiger partial charge in [0, 0.05) is 24.8 Å². The summed E-state index contributed by atoms with van der Waals surface area (Å²) < 4.78 is 39.1. The second kappa shape index (κ2) is 7.98. The van der Waals surface area contributed by atoms with Crippen LogP contribution in [0.15, 0.2) is 42.6 Å². The van der Waals surface area contributed by atoms with Gasteiger partial charge >= 0.3 is 6.18 Å². The van der Waals surface area contributed by atoms with Crippen LogP contribution in [0.25, 0.3) is 0 Å². The molecule has 0 atom stereocenters. The lowest BCUT2D eigenvalue weighted by Gasteiger charge is -2.14. The molecule has 25 heavy (non-hydrogen) atoms. The van der Waals surface area contributed by atoms with E-state index in [2.05, 4.69) is 15.6 Å². The number of rotatable bonds is 6. The number of benzene rings is 1. The van der Waals surface area contributed by atoms with Gasteiger partial charge in [-0.3, -0.25) is 4.79 Å². The van der Waals surface area contributed by atoms with Gasteiger partial charge in [0.25, 0.3) is 5.91 Å². The van der Waals surface area contributed by atoms with Gasteiger partial charge < -0.3 is 15.5 Å². The maximum Gasteiger partial charge on any atom is 0.418 e. The van der Waals surface area contributed by atoms with Crippen LogP contribution in [0, 0.1) is 0 Å². The normalized spacial score (nSPS) is 11.4. The standard InChI is InChI=1S/C17H19F3N4O/c1-24(2)10-9-22-16(25)12-7-8-21-15(11-12)23-14-6-4-3-5-13(14)17(18,19)20/h3-8,11H,9-10H2,1-2H3,(H,21,23)(H,22,25). The number of carbonyl (C=O) groups excluding carboxylic acids is 1. The van der Waals surface area contributed by atoms with E-state index in [1.807, 2.05) is 19.0 Å². The van der Waals surface area contributed by atoms with E-state index in [9.17, 15) is 18.0 Å². The molecule has 8 heteroatoms. The lowest BCUT2D eigenvalue weighted by Crippen LogP contribution is -2.31. The maximum absolute atomic E-state index is 13.0. The molecule has 2 rings (SSSR count). The number of alkyl halides is 3. The summed E-state index contributed by atoms with van der Waals surface area (Å²) in [6.45, 7) is 1.15. The molecule has 2 N–H and O–H groups in total. The van der Waals surface area contributed by atoms with Gasteiger partial charge in [-0.2, -0.15) is 13.2 Å². The monoisotopic (exact) mass is 352 g/mol. The summed E-state index contributed by atoms with van der Waals surface area (Å²) in [6.07, 6.45) is -3.11. The molecule has 0 spiro atoms. The molecule has 0 saturated heterocycles. The molecular formula is C17H19F3N4O. The van der Waals surface area contributed by atoms with E-state index >= 15 is 0 Å². The number of hydrogen-bond acceptors (Lipinski definition) is 4. The minimum absolute atomic E-state index is 0.118. The number of para-hydroxylation sites is 1. The molecular weight excluding hydrogens is 333 g/mol. The first-order valence-corrected chi connectivity index (χ1v) is 7.59. The Kier molecular flexibility index (Phi) is 5.97. The van der Waals surface area contributed by atoms with E-state index in [4.69, 9.17) is 0 Å². The van der Waals surface area contributed by atoms with Crippen LogP contribution in [0.5, 0.6) is 0 Å². The third-order valence-corrected chi connectivity index (χ3v) is 3.36. The van der Waals surface area contributed by atoms with Gasteiger partial charge in [-0.05, 0) is 38.4 Å². The van der Waals surface area contributed by atoms with E-state index in [-0.39, 0.29) is 17.4 Å². The van der Waals surface area contributed by atoms with Crippen molar-refractivity contribution >= 4 is 17.4 Å². The molecule has 134 valence electrons. The van der Waals surface area contributed by atoms with Crippen molar-refractivity contribution in [1.82, 2.24) is 15.2 Å². The molecule has 0 aliphatic heterocycles. The highest BCUT2D eigenvalue weighted by Crippen LogP contribution is 2.35. The van der Waals surface area contributed by atoms with Crippen LogP contribution in [0.1, 0.15) is 15.9 Å².